The number of amides is 1. The molecular formula is C22H18N4O3S2. The first-order valence-electron chi connectivity index (χ1n) is 9.33. The van der Waals surface area contributed by atoms with Crippen LogP contribution in [0.25, 0.3) is 10.6 Å². The summed E-state index contributed by atoms with van der Waals surface area (Å²) >= 11 is 1.49. The number of nitrogens with zero attached hydrogens (tertiary/aromatic N) is 2. The molecular weight excluding hydrogens is 432 g/mol. The number of sulfonamides is 1. The number of aromatic nitrogens is 2. The van der Waals surface area contributed by atoms with E-state index in [0.717, 1.165) is 10.6 Å². The maximum absolute atomic E-state index is 12.4. The Balaban J connectivity index is 1.38. The Kier molecular flexibility index (Phi) is 6.06. The smallest absolute Gasteiger partial charge is 0.263 e. The summed E-state index contributed by atoms with van der Waals surface area (Å²) in [6.07, 6.45) is 1.63. The molecule has 4 rings (SSSR count). The lowest BCUT2D eigenvalue weighted by Crippen LogP contribution is -2.16. The van der Waals surface area contributed by atoms with Crippen LogP contribution in [-0.2, 0) is 21.2 Å². The number of hydrogen-bond acceptors (Lipinski definition) is 6. The monoisotopic (exact) mass is 450 g/mol. The maximum atomic E-state index is 12.4. The molecule has 4 aromatic rings. The Morgan fingerprint density at radius 3 is 2.39 bits per heavy atom. The third-order valence-corrected chi connectivity index (χ3v) is 6.58. The number of rotatable bonds is 7. The number of nitrogens with one attached hydrogen (secondary N) is 2. The first-order valence-corrected chi connectivity index (χ1v) is 11.7. The second kappa shape index (κ2) is 9.07. The molecule has 0 saturated heterocycles. The second-order valence-corrected chi connectivity index (χ2v) is 9.12. The van der Waals surface area contributed by atoms with Crippen molar-refractivity contribution in [3.63, 3.8) is 0 Å². The Morgan fingerprint density at radius 1 is 0.935 bits per heavy atom. The minimum Gasteiger partial charge on any atom is -0.326 e. The highest BCUT2D eigenvalue weighted by atomic mass is 32.2. The van der Waals surface area contributed by atoms with Gasteiger partial charge in [-0.2, -0.15) is 0 Å². The first-order chi connectivity index (χ1) is 15.0. The number of carbonyl (C=O) groups excluding carboxylic acids is 1. The van der Waals surface area contributed by atoms with Gasteiger partial charge in [-0.05, 0) is 36.4 Å². The highest BCUT2D eigenvalue weighted by Gasteiger charge is 2.15. The average Bonchev–Trinajstić information content (AvgIpc) is 3.23. The van der Waals surface area contributed by atoms with E-state index in [4.69, 9.17) is 0 Å². The predicted molar refractivity (Wildman–Crippen MR) is 121 cm³/mol. The topological polar surface area (TPSA) is 101 Å². The van der Waals surface area contributed by atoms with E-state index in [1.54, 1.807) is 30.3 Å². The molecule has 0 aliphatic carbocycles. The molecule has 0 spiro atoms. The van der Waals surface area contributed by atoms with Gasteiger partial charge in [0, 0.05) is 22.8 Å². The highest BCUT2D eigenvalue weighted by molar-refractivity contribution is 7.92. The number of pyridine rings is 1. The van der Waals surface area contributed by atoms with Crippen LogP contribution >= 0.6 is 11.3 Å². The van der Waals surface area contributed by atoms with Crippen molar-refractivity contribution in [2.45, 2.75) is 11.3 Å². The van der Waals surface area contributed by atoms with Gasteiger partial charge in [-0.25, -0.2) is 18.4 Å². The van der Waals surface area contributed by atoms with Crippen molar-refractivity contribution in [3.8, 4) is 10.6 Å². The van der Waals surface area contributed by atoms with E-state index in [1.807, 2.05) is 35.7 Å². The predicted octanol–water partition coefficient (Wildman–Crippen LogP) is 4.19. The van der Waals surface area contributed by atoms with Gasteiger partial charge < -0.3 is 5.32 Å². The van der Waals surface area contributed by atoms with E-state index in [1.165, 1.54) is 29.7 Å². The van der Waals surface area contributed by atoms with Gasteiger partial charge in [-0.1, -0.05) is 36.4 Å². The molecule has 0 atom stereocenters. The van der Waals surface area contributed by atoms with E-state index in [2.05, 4.69) is 20.0 Å². The quantitative estimate of drug-likeness (QED) is 0.440. The van der Waals surface area contributed by atoms with Crippen molar-refractivity contribution in [3.05, 3.63) is 90.1 Å². The largest absolute Gasteiger partial charge is 0.326 e. The number of anilines is 2. The fourth-order valence-corrected chi connectivity index (χ4v) is 4.64. The van der Waals surface area contributed by atoms with Crippen molar-refractivity contribution < 1.29 is 13.2 Å². The summed E-state index contributed by atoms with van der Waals surface area (Å²) < 4.78 is 27.3. The molecule has 2 heterocycles. The number of benzene rings is 2. The molecule has 1 amide bonds. The molecule has 9 heteroatoms. The molecule has 7 nitrogen and oxygen atoms in total. The molecule has 0 saturated carbocycles. The third-order valence-electron chi connectivity index (χ3n) is 4.27. The lowest BCUT2D eigenvalue weighted by molar-refractivity contribution is -0.115. The van der Waals surface area contributed by atoms with Crippen LogP contribution in [0.5, 0.6) is 0 Å². The summed E-state index contributed by atoms with van der Waals surface area (Å²) in [7, 11) is -3.76. The van der Waals surface area contributed by atoms with Gasteiger partial charge in [0.05, 0.1) is 17.0 Å². The van der Waals surface area contributed by atoms with Crippen molar-refractivity contribution in [2.24, 2.45) is 0 Å². The first kappa shape index (κ1) is 20.7. The number of carbonyl (C=O) groups is 1. The Morgan fingerprint density at radius 2 is 1.68 bits per heavy atom. The van der Waals surface area contributed by atoms with Gasteiger partial charge >= 0.3 is 0 Å². The normalized spacial score (nSPS) is 11.1. The van der Waals surface area contributed by atoms with Crippen LogP contribution in [0.1, 0.15) is 5.69 Å². The lowest BCUT2D eigenvalue weighted by atomic mass is 10.2. The molecule has 2 aromatic heterocycles. The molecule has 0 unspecified atom stereocenters. The van der Waals surface area contributed by atoms with Crippen LogP contribution in [0.3, 0.4) is 0 Å². The van der Waals surface area contributed by atoms with Gasteiger partial charge in [-0.3, -0.25) is 9.52 Å². The van der Waals surface area contributed by atoms with Gasteiger partial charge in [0.15, 0.2) is 0 Å². The van der Waals surface area contributed by atoms with E-state index in [0.29, 0.717) is 11.4 Å². The van der Waals surface area contributed by atoms with Crippen molar-refractivity contribution in [2.75, 3.05) is 10.0 Å². The summed E-state index contributed by atoms with van der Waals surface area (Å²) in [4.78, 5) is 20.9. The average molecular weight is 451 g/mol. The van der Waals surface area contributed by atoms with E-state index in [-0.39, 0.29) is 23.0 Å². The van der Waals surface area contributed by atoms with E-state index >= 15 is 0 Å². The molecule has 0 bridgehead atoms. The summed E-state index contributed by atoms with van der Waals surface area (Å²) in [5.74, 6) is 0.00476. The Hall–Kier alpha value is -3.56. The summed E-state index contributed by atoms with van der Waals surface area (Å²) in [6.45, 7) is 0. The molecule has 0 aliphatic heterocycles. The van der Waals surface area contributed by atoms with E-state index < -0.39 is 10.0 Å². The SMILES string of the molecule is O=C(Cc1csc(-c2ccccc2)n1)Nc1ccc(S(=O)(=O)Nc2ccccn2)cc1. The zero-order valence-corrected chi connectivity index (χ0v) is 17.9. The van der Waals surface area contributed by atoms with Crippen LogP contribution in [0.2, 0.25) is 0 Å². The van der Waals surface area contributed by atoms with Crippen LogP contribution < -0.4 is 10.0 Å². The van der Waals surface area contributed by atoms with Gasteiger partial charge in [0.25, 0.3) is 10.0 Å². The molecule has 2 N–H and O–H groups in total. The van der Waals surface area contributed by atoms with Crippen LogP contribution in [0.4, 0.5) is 11.5 Å². The highest BCUT2D eigenvalue weighted by Crippen LogP contribution is 2.24. The minimum absolute atomic E-state index is 0.0724. The van der Waals surface area contributed by atoms with Crippen LogP contribution in [0.15, 0.2) is 89.3 Å². The number of thiazole rings is 1. The van der Waals surface area contributed by atoms with E-state index in [9.17, 15) is 13.2 Å². The van der Waals surface area contributed by atoms with Crippen molar-refractivity contribution >= 4 is 38.8 Å². The Bertz CT molecular complexity index is 1270. The van der Waals surface area contributed by atoms with Gasteiger partial charge in [0.2, 0.25) is 5.91 Å². The number of hydrogen-bond donors (Lipinski definition) is 2. The molecule has 31 heavy (non-hydrogen) atoms. The van der Waals surface area contributed by atoms with Gasteiger partial charge in [-0.15, -0.1) is 11.3 Å². The molecule has 0 fully saturated rings. The summed E-state index contributed by atoms with van der Waals surface area (Å²) in [5.41, 5.74) is 2.19. The summed E-state index contributed by atoms with van der Waals surface area (Å²) in [5, 5.41) is 5.49. The fraction of sp³-hybridized carbons (Fsp3) is 0.0455. The molecule has 2 aromatic carbocycles. The Labute approximate surface area is 183 Å². The van der Waals surface area contributed by atoms with Crippen molar-refractivity contribution in [1.82, 2.24) is 9.97 Å². The maximum Gasteiger partial charge on any atom is 0.263 e. The second-order valence-electron chi connectivity index (χ2n) is 6.58. The summed E-state index contributed by atoms with van der Waals surface area (Å²) in [6, 6.07) is 20.7. The lowest BCUT2D eigenvalue weighted by Gasteiger charge is -2.08. The third kappa shape index (κ3) is 5.33. The standard InChI is InChI=1S/C22H18N4O3S2/c27-21(14-18-15-30-22(25-18)16-6-2-1-3-7-16)24-17-9-11-19(12-10-17)31(28,29)26-20-8-4-5-13-23-20/h1-13,15H,14H2,(H,23,26)(H,24,27). The van der Waals surface area contributed by atoms with Gasteiger partial charge in [0.1, 0.15) is 10.8 Å². The molecule has 156 valence electrons. The van der Waals surface area contributed by atoms with Crippen molar-refractivity contribution in [1.29, 1.82) is 0 Å². The van der Waals surface area contributed by atoms with Crippen LogP contribution in [0, 0.1) is 0 Å². The zero-order chi connectivity index (χ0) is 21.7. The zero-order valence-electron chi connectivity index (χ0n) is 16.2. The molecule has 0 radical (unpaired) electrons. The minimum atomic E-state index is -3.76. The fourth-order valence-electron chi connectivity index (χ4n) is 2.81. The molecule has 0 aliphatic rings. The van der Waals surface area contributed by atoms with Crippen LogP contribution in [-0.4, -0.2) is 24.3 Å².